The highest BCUT2D eigenvalue weighted by Gasteiger charge is 2.39. The summed E-state index contributed by atoms with van der Waals surface area (Å²) in [6.07, 6.45) is 3.07. The molecule has 1 N–H and O–H groups in total. The molecule has 5 heteroatoms. The van der Waals surface area contributed by atoms with Crippen LogP contribution in [0.2, 0.25) is 0 Å². The van der Waals surface area contributed by atoms with E-state index in [-0.39, 0.29) is 11.8 Å². The zero-order chi connectivity index (χ0) is 17.0. The monoisotopic (exact) mass is 326 g/mol. The summed E-state index contributed by atoms with van der Waals surface area (Å²) in [7, 11) is 0. The normalized spacial score (nSPS) is 20.6. The second kappa shape index (κ2) is 6.91. The Morgan fingerprint density at radius 3 is 2.71 bits per heavy atom. The second-order valence-electron chi connectivity index (χ2n) is 6.54. The van der Waals surface area contributed by atoms with E-state index in [2.05, 4.69) is 5.32 Å². The highest BCUT2D eigenvalue weighted by atomic mass is 16.3. The molecule has 1 fully saturated rings. The Hall–Kier alpha value is -2.56. The quantitative estimate of drug-likeness (QED) is 0.940. The predicted molar refractivity (Wildman–Crippen MR) is 90.2 cm³/mol. The van der Waals surface area contributed by atoms with Gasteiger partial charge in [-0.3, -0.25) is 9.59 Å². The van der Waals surface area contributed by atoms with Crippen LogP contribution in [-0.2, 0) is 11.3 Å². The molecule has 0 bridgehead atoms. The Bertz CT molecular complexity index is 697. The first kappa shape index (κ1) is 16.3. The van der Waals surface area contributed by atoms with Gasteiger partial charge >= 0.3 is 0 Å². The third-order valence-corrected chi connectivity index (χ3v) is 4.56. The zero-order valence-electron chi connectivity index (χ0n) is 13.8. The molecule has 1 saturated heterocycles. The molecule has 0 aliphatic carbocycles. The second-order valence-corrected chi connectivity index (χ2v) is 6.54. The lowest BCUT2D eigenvalue weighted by Gasteiger charge is -2.39. The minimum atomic E-state index is -0.574. The van der Waals surface area contributed by atoms with Gasteiger partial charge in [0, 0.05) is 19.6 Å². The van der Waals surface area contributed by atoms with Gasteiger partial charge in [-0.25, -0.2) is 0 Å². The summed E-state index contributed by atoms with van der Waals surface area (Å²) in [5.74, 6) is 0.161. The van der Waals surface area contributed by atoms with Crippen LogP contribution in [0.3, 0.4) is 0 Å². The minimum absolute atomic E-state index is 0.0108. The summed E-state index contributed by atoms with van der Waals surface area (Å²) < 4.78 is 5.19. The van der Waals surface area contributed by atoms with Crippen molar-refractivity contribution < 1.29 is 14.0 Å². The largest absolute Gasteiger partial charge is 0.459 e. The summed E-state index contributed by atoms with van der Waals surface area (Å²) in [6.45, 7) is 3.49. The third-order valence-electron chi connectivity index (χ3n) is 4.56. The van der Waals surface area contributed by atoms with Crippen molar-refractivity contribution >= 4 is 11.8 Å². The van der Waals surface area contributed by atoms with E-state index in [4.69, 9.17) is 4.42 Å². The number of furan rings is 1. The van der Waals surface area contributed by atoms with E-state index in [0.29, 0.717) is 25.4 Å². The number of hydrogen-bond donors (Lipinski definition) is 1. The highest BCUT2D eigenvalue weighted by Crippen LogP contribution is 2.30. The molecule has 126 valence electrons. The van der Waals surface area contributed by atoms with E-state index >= 15 is 0 Å². The van der Waals surface area contributed by atoms with Crippen molar-refractivity contribution in [2.24, 2.45) is 5.41 Å². The molecule has 1 aliphatic heterocycles. The molecule has 1 aromatic carbocycles. The van der Waals surface area contributed by atoms with Crippen molar-refractivity contribution in [1.29, 1.82) is 0 Å². The van der Waals surface area contributed by atoms with Crippen LogP contribution in [0.4, 0.5) is 0 Å². The van der Waals surface area contributed by atoms with Gasteiger partial charge in [-0.05, 0) is 37.5 Å². The van der Waals surface area contributed by atoms with Crippen molar-refractivity contribution in [1.82, 2.24) is 10.2 Å². The SMILES string of the molecule is C[C@]1(C(=O)NCc2ccccc2)CCCN(C(=O)c2ccco2)C1. The lowest BCUT2D eigenvalue weighted by molar-refractivity contribution is -0.132. The maximum absolute atomic E-state index is 12.7. The van der Waals surface area contributed by atoms with Crippen molar-refractivity contribution in [3.8, 4) is 0 Å². The third kappa shape index (κ3) is 3.50. The van der Waals surface area contributed by atoms with E-state index in [1.165, 1.54) is 6.26 Å². The van der Waals surface area contributed by atoms with Crippen LogP contribution >= 0.6 is 0 Å². The molecule has 3 rings (SSSR count). The lowest BCUT2D eigenvalue weighted by Crippen LogP contribution is -2.51. The average Bonchev–Trinajstić information content (AvgIpc) is 3.14. The maximum Gasteiger partial charge on any atom is 0.289 e. The minimum Gasteiger partial charge on any atom is -0.459 e. The van der Waals surface area contributed by atoms with Gasteiger partial charge in [0.05, 0.1) is 11.7 Å². The Morgan fingerprint density at radius 2 is 2.00 bits per heavy atom. The van der Waals surface area contributed by atoms with E-state index in [1.807, 2.05) is 37.3 Å². The number of rotatable bonds is 4. The number of amides is 2. The van der Waals surface area contributed by atoms with Crippen molar-refractivity contribution in [3.05, 3.63) is 60.1 Å². The molecule has 0 saturated carbocycles. The van der Waals surface area contributed by atoms with Gasteiger partial charge in [-0.1, -0.05) is 30.3 Å². The number of carbonyl (C=O) groups excluding carboxylic acids is 2. The highest BCUT2D eigenvalue weighted by molar-refractivity contribution is 5.92. The van der Waals surface area contributed by atoms with Crippen LogP contribution in [0.15, 0.2) is 53.1 Å². The topological polar surface area (TPSA) is 62.6 Å². The molecule has 2 aromatic rings. The standard InChI is InChI=1S/C19H22N2O3/c1-19(18(23)20-13-15-7-3-2-4-8-15)10-6-11-21(14-19)17(22)16-9-5-12-24-16/h2-5,7-9,12H,6,10-11,13-14H2,1H3,(H,20,23)/t19-/m0/s1. The van der Waals surface area contributed by atoms with Crippen LogP contribution in [0.5, 0.6) is 0 Å². The van der Waals surface area contributed by atoms with Crippen molar-refractivity contribution in [2.45, 2.75) is 26.3 Å². The van der Waals surface area contributed by atoms with Gasteiger partial charge in [0.15, 0.2) is 5.76 Å². The van der Waals surface area contributed by atoms with Gasteiger partial charge in [0.25, 0.3) is 5.91 Å². The molecule has 1 atom stereocenters. The fraction of sp³-hybridized carbons (Fsp3) is 0.368. The van der Waals surface area contributed by atoms with Crippen LogP contribution in [0.25, 0.3) is 0 Å². The molecule has 0 radical (unpaired) electrons. The molecule has 0 unspecified atom stereocenters. The molecule has 24 heavy (non-hydrogen) atoms. The number of benzene rings is 1. The zero-order valence-corrected chi connectivity index (χ0v) is 13.8. The van der Waals surface area contributed by atoms with Gasteiger partial charge in [0.1, 0.15) is 0 Å². The van der Waals surface area contributed by atoms with Crippen molar-refractivity contribution in [2.75, 3.05) is 13.1 Å². The Morgan fingerprint density at radius 1 is 1.21 bits per heavy atom. The van der Waals surface area contributed by atoms with Gasteiger partial charge in [0.2, 0.25) is 5.91 Å². The molecule has 1 aromatic heterocycles. The van der Waals surface area contributed by atoms with E-state index in [0.717, 1.165) is 18.4 Å². The molecule has 2 amide bonds. The number of nitrogens with one attached hydrogen (secondary N) is 1. The van der Waals surface area contributed by atoms with Crippen LogP contribution in [-0.4, -0.2) is 29.8 Å². The van der Waals surface area contributed by atoms with E-state index < -0.39 is 5.41 Å². The van der Waals surface area contributed by atoms with Gasteiger partial charge in [-0.2, -0.15) is 0 Å². The molecule has 0 spiro atoms. The van der Waals surface area contributed by atoms with Crippen LogP contribution in [0, 0.1) is 5.41 Å². The number of piperidine rings is 1. The van der Waals surface area contributed by atoms with Crippen LogP contribution in [0.1, 0.15) is 35.9 Å². The molecule has 2 heterocycles. The number of nitrogens with zero attached hydrogens (tertiary/aromatic N) is 1. The van der Waals surface area contributed by atoms with Crippen LogP contribution < -0.4 is 5.32 Å². The molecular weight excluding hydrogens is 304 g/mol. The lowest BCUT2D eigenvalue weighted by atomic mass is 9.80. The smallest absolute Gasteiger partial charge is 0.289 e. The predicted octanol–water partition coefficient (Wildman–Crippen LogP) is 2.84. The summed E-state index contributed by atoms with van der Waals surface area (Å²) in [4.78, 5) is 26.8. The summed E-state index contributed by atoms with van der Waals surface area (Å²) >= 11 is 0. The number of hydrogen-bond acceptors (Lipinski definition) is 3. The molecule has 1 aliphatic rings. The fourth-order valence-corrected chi connectivity index (χ4v) is 3.15. The van der Waals surface area contributed by atoms with E-state index in [1.54, 1.807) is 17.0 Å². The molecular formula is C19H22N2O3. The number of carbonyl (C=O) groups is 2. The van der Waals surface area contributed by atoms with E-state index in [9.17, 15) is 9.59 Å². The summed E-state index contributed by atoms with van der Waals surface area (Å²) in [5, 5.41) is 3.00. The first-order valence-electron chi connectivity index (χ1n) is 8.23. The Balaban J connectivity index is 1.63. The molecule has 5 nitrogen and oxygen atoms in total. The Labute approximate surface area is 141 Å². The fourth-order valence-electron chi connectivity index (χ4n) is 3.15. The first-order chi connectivity index (χ1) is 11.6. The summed E-state index contributed by atoms with van der Waals surface area (Å²) in [6, 6.07) is 13.2. The average molecular weight is 326 g/mol. The van der Waals surface area contributed by atoms with Gasteiger partial charge < -0.3 is 14.6 Å². The van der Waals surface area contributed by atoms with Crippen molar-refractivity contribution in [3.63, 3.8) is 0 Å². The Kier molecular flexibility index (Phi) is 4.69. The van der Waals surface area contributed by atoms with Gasteiger partial charge in [-0.15, -0.1) is 0 Å². The maximum atomic E-state index is 12.7. The first-order valence-corrected chi connectivity index (χ1v) is 8.23. The number of likely N-dealkylation sites (tertiary alicyclic amines) is 1. The summed E-state index contributed by atoms with van der Waals surface area (Å²) in [5.41, 5.74) is 0.490.